The molecule has 0 aromatic carbocycles. The molecule has 0 unspecified atom stereocenters. The van der Waals surface area contributed by atoms with Crippen molar-refractivity contribution < 1.29 is 13.2 Å². The summed E-state index contributed by atoms with van der Waals surface area (Å²) in [6.07, 6.45) is 2.47. The number of H-pyrrole nitrogens is 1. The van der Waals surface area contributed by atoms with Gasteiger partial charge in [0.15, 0.2) is 0 Å². The van der Waals surface area contributed by atoms with E-state index in [9.17, 15) is 8.42 Å². The Bertz CT molecular complexity index is 505. The Hall–Kier alpha value is -0.960. The highest BCUT2D eigenvalue weighted by Crippen LogP contribution is 2.23. The van der Waals surface area contributed by atoms with Crippen molar-refractivity contribution in [3.63, 3.8) is 0 Å². The van der Waals surface area contributed by atoms with Gasteiger partial charge in [0.05, 0.1) is 11.9 Å². The first kappa shape index (κ1) is 13.5. The number of ether oxygens (including phenoxy) is 1. The number of nitrogens with two attached hydrogens (primary N) is 1. The molecule has 1 fully saturated rings. The van der Waals surface area contributed by atoms with Crippen LogP contribution in [0, 0.1) is 6.92 Å². The van der Waals surface area contributed by atoms with E-state index < -0.39 is 15.6 Å². The number of rotatable bonds is 4. The highest BCUT2D eigenvalue weighted by molar-refractivity contribution is 7.89. The molecule has 0 saturated carbocycles. The molecule has 102 valence electrons. The zero-order valence-corrected chi connectivity index (χ0v) is 11.1. The van der Waals surface area contributed by atoms with E-state index in [2.05, 4.69) is 14.9 Å². The lowest BCUT2D eigenvalue weighted by Gasteiger charge is -2.36. The van der Waals surface area contributed by atoms with Gasteiger partial charge in [0.1, 0.15) is 4.90 Å². The Morgan fingerprint density at radius 1 is 1.56 bits per heavy atom. The van der Waals surface area contributed by atoms with Gasteiger partial charge in [-0.1, -0.05) is 0 Å². The molecule has 0 spiro atoms. The normalized spacial score (nSPS) is 19.9. The molecule has 1 saturated heterocycles. The minimum absolute atomic E-state index is 0.168. The average molecular weight is 274 g/mol. The molecule has 0 atom stereocenters. The SMILES string of the molecule is Cc1[nH]ncc1S(=O)(=O)NC1(CN)CCOCC1. The van der Waals surface area contributed by atoms with E-state index in [0.717, 1.165) is 0 Å². The predicted octanol–water partition coefficient (Wildman–Crippen LogP) is -0.496. The van der Waals surface area contributed by atoms with Crippen LogP contribution in [-0.4, -0.2) is 43.9 Å². The standard InChI is InChI=1S/C10H18N4O3S/c1-8-9(6-12-13-8)18(15,16)14-10(7-11)2-4-17-5-3-10/h6,14H,2-5,7,11H2,1H3,(H,12,13). The van der Waals surface area contributed by atoms with E-state index in [1.54, 1.807) is 6.92 Å². The summed E-state index contributed by atoms with van der Waals surface area (Å²) in [7, 11) is -3.60. The third-order valence-corrected chi connectivity index (χ3v) is 4.96. The van der Waals surface area contributed by atoms with E-state index in [1.807, 2.05) is 0 Å². The van der Waals surface area contributed by atoms with Gasteiger partial charge in [0.2, 0.25) is 10.0 Å². The van der Waals surface area contributed by atoms with Gasteiger partial charge < -0.3 is 10.5 Å². The highest BCUT2D eigenvalue weighted by atomic mass is 32.2. The highest BCUT2D eigenvalue weighted by Gasteiger charge is 2.36. The van der Waals surface area contributed by atoms with Crippen LogP contribution < -0.4 is 10.5 Å². The number of sulfonamides is 1. The summed E-state index contributed by atoms with van der Waals surface area (Å²) in [5.41, 5.74) is 5.64. The van der Waals surface area contributed by atoms with Gasteiger partial charge in [0.25, 0.3) is 0 Å². The molecule has 0 amide bonds. The van der Waals surface area contributed by atoms with E-state index in [0.29, 0.717) is 31.7 Å². The third-order valence-electron chi connectivity index (χ3n) is 3.26. The fourth-order valence-corrected chi connectivity index (χ4v) is 3.67. The topological polar surface area (TPSA) is 110 Å². The van der Waals surface area contributed by atoms with Gasteiger partial charge in [-0.3, -0.25) is 5.10 Å². The minimum Gasteiger partial charge on any atom is -0.381 e. The molecule has 1 aromatic rings. The molecule has 0 radical (unpaired) electrons. The van der Waals surface area contributed by atoms with Crippen molar-refractivity contribution in [3.05, 3.63) is 11.9 Å². The summed E-state index contributed by atoms with van der Waals surface area (Å²) in [4.78, 5) is 0.168. The number of nitrogens with zero attached hydrogens (tertiary/aromatic N) is 1. The van der Waals surface area contributed by atoms with Crippen molar-refractivity contribution in [1.29, 1.82) is 0 Å². The van der Waals surface area contributed by atoms with Crippen LogP contribution in [0.25, 0.3) is 0 Å². The lowest BCUT2D eigenvalue weighted by molar-refractivity contribution is 0.0502. The predicted molar refractivity (Wildman–Crippen MR) is 65.5 cm³/mol. The van der Waals surface area contributed by atoms with Gasteiger partial charge in [0, 0.05) is 25.3 Å². The number of aryl methyl sites for hydroxylation is 1. The van der Waals surface area contributed by atoms with E-state index >= 15 is 0 Å². The molecule has 4 N–H and O–H groups in total. The van der Waals surface area contributed by atoms with Crippen LogP contribution in [0.2, 0.25) is 0 Å². The van der Waals surface area contributed by atoms with E-state index in [4.69, 9.17) is 10.5 Å². The molecule has 0 aliphatic carbocycles. The Morgan fingerprint density at radius 2 is 2.22 bits per heavy atom. The molecular weight excluding hydrogens is 256 g/mol. The van der Waals surface area contributed by atoms with Gasteiger partial charge >= 0.3 is 0 Å². The summed E-state index contributed by atoms with van der Waals surface area (Å²) in [5.74, 6) is 0. The van der Waals surface area contributed by atoms with Crippen LogP contribution in [0.4, 0.5) is 0 Å². The molecule has 1 aromatic heterocycles. The Morgan fingerprint density at radius 3 is 2.72 bits per heavy atom. The second-order valence-electron chi connectivity index (χ2n) is 4.56. The third kappa shape index (κ3) is 2.56. The van der Waals surface area contributed by atoms with E-state index in [1.165, 1.54) is 6.20 Å². The second kappa shape index (κ2) is 4.96. The zero-order valence-electron chi connectivity index (χ0n) is 10.3. The first-order chi connectivity index (χ1) is 8.49. The van der Waals surface area contributed by atoms with Gasteiger partial charge in [-0.25, -0.2) is 13.1 Å². The molecule has 1 aliphatic rings. The van der Waals surface area contributed by atoms with Crippen LogP contribution in [0.3, 0.4) is 0 Å². The molecular formula is C10H18N4O3S. The van der Waals surface area contributed by atoms with Crippen LogP contribution in [0.5, 0.6) is 0 Å². The molecule has 8 heteroatoms. The number of hydrogen-bond donors (Lipinski definition) is 3. The molecule has 1 aliphatic heterocycles. The lowest BCUT2D eigenvalue weighted by Crippen LogP contribution is -2.56. The average Bonchev–Trinajstić information content (AvgIpc) is 2.77. The summed E-state index contributed by atoms with van der Waals surface area (Å²) in [6.45, 7) is 2.96. The minimum atomic E-state index is -3.60. The maximum atomic E-state index is 12.3. The van der Waals surface area contributed by atoms with Gasteiger partial charge in [-0.15, -0.1) is 0 Å². The number of aromatic nitrogens is 2. The van der Waals surface area contributed by atoms with Crippen LogP contribution in [0.1, 0.15) is 18.5 Å². The Labute approximate surface area is 106 Å². The van der Waals surface area contributed by atoms with Crippen molar-refractivity contribution >= 4 is 10.0 Å². The smallest absolute Gasteiger partial charge is 0.244 e. The second-order valence-corrected chi connectivity index (χ2v) is 6.21. The monoisotopic (exact) mass is 274 g/mol. The van der Waals surface area contributed by atoms with Crippen LogP contribution in [0.15, 0.2) is 11.1 Å². The summed E-state index contributed by atoms with van der Waals surface area (Å²) < 4.78 is 32.5. The van der Waals surface area contributed by atoms with Crippen LogP contribution >= 0.6 is 0 Å². The van der Waals surface area contributed by atoms with Gasteiger partial charge in [-0.2, -0.15) is 5.10 Å². The van der Waals surface area contributed by atoms with Crippen molar-refractivity contribution in [3.8, 4) is 0 Å². The first-order valence-electron chi connectivity index (χ1n) is 5.81. The Kier molecular flexibility index (Phi) is 3.71. The van der Waals surface area contributed by atoms with E-state index in [-0.39, 0.29) is 11.4 Å². The molecule has 0 bridgehead atoms. The quantitative estimate of drug-likeness (QED) is 0.686. The van der Waals surface area contributed by atoms with Crippen molar-refractivity contribution in [1.82, 2.24) is 14.9 Å². The first-order valence-corrected chi connectivity index (χ1v) is 7.29. The van der Waals surface area contributed by atoms with Crippen molar-refractivity contribution in [2.24, 2.45) is 5.73 Å². The summed E-state index contributed by atoms with van der Waals surface area (Å²) in [5, 5.41) is 6.35. The fraction of sp³-hybridized carbons (Fsp3) is 0.700. The largest absolute Gasteiger partial charge is 0.381 e. The summed E-state index contributed by atoms with van der Waals surface area (Å²) in [6, 6.07) is 0. The number of aromatic amines is 1. The molecule has 7 nitrogen and oxygen atoms in total. The number of hydrogen-bond acceptors (Lipinski definition) is 5. The molecule has 2 rings (SSSR count). The molecule has 18 heavy (non-hydrogen) atoms. The van der Waals surface area contributed by atoms with Crippen molar-refractivity contribution in [2.75, 3.05) is 19.8 Å². The summed E-state index contributed by atoms with van der Waals surface area (Å²) >= 11 is 0. The lowest BCUT2D eigenvalue weighted by atomic mass is 9.92. The van der Waals surface area contributed by atoms with Crippen molar-refractivity contribution in [2.45, 2.75) is 30.2 Å². The fourth-order valence-electron chi connectivity index (χ4n) is 2.06. The zero-order chi connectivity index (χ0) is 13.2. The van der Waals surface area contributed by atoms with Crippen LogP contribution in [-0.2, 0) is 14.8 Å². The molecule has 2 heterocycles. The van der Waals surface area contributed by atoms with Gasteiger partial charge in [-0.05, 0) is 19.8 Å². The maximum Gasteiger partial charge on any atom is 0.244 e. The maximum absolute atomic E-state index is 12.3. The number of nitrogens with one attached hydrogen (secondary N) is 2. The Balaban J connectivity index is 2.24.